The molecule has 156 valence electrons. The fourth-order valence-electron chi connectivity index (χ4n) is 5.37. The van der Waals surface area contributed by atoms with Crippen LogP contribution in [0.5, 0.6) is 0 Å². The van der Waals surface area contributed by atoms with Gasteiger partial charge in [0, 0.05) is 18.9 Å². The molecule has 2 aliphatic heterocycles. The Morgan fingerprint density at radius 3 is 2.76 bits per heavy atom. The Labute approximate surface area is 177 Å². The van der Waals surface area contributed by atoms with Crippen molar-refractivity contribution in [2.45, 2.75) is 63.5 Å². The Hall–Kier alpha value is -1.79. The number of aliphatic hydroxyl groups is 1. The number of fused-ring (bicyclic) bond motifs is 1. The smallest absolute Gasteiger partial charge is 0.223 e. The van der Waals surface area contributed by atoms with Gasteiger partial charge in [-0.1, -0.05) is 24.3 Å². The van der Waals surface area contributed by atoms with Crippen LogP contribution in [0.4, 0.5) is 0 Å². The number of carbonyl (C=O) groups excluding carboxylic acids is 2. The minimum Gasteiger partial charge on any atom is -0.501 e. The molecule has 0 radical (unpaired) electrons. The zero-order valence-corrected chi connectivity index (χ0v) is 17.6. The van der Waals surface area contributed by atoms with Crippen molar-refractivity contribution in [3.8, 4) is 0 Å². The van der Waals surface area contributed by atoms with Crippen molar-refractivity contribution < 1.29 is 14.7 Å². The van der Waals surface area contributed by atoms with Crippen LogP contribution >= 0.6 is 12.2 Å². The van der Waals surface area contributed by atoms with Gasteiger partial charge in [-0.05, 0) is 80.8 Å². The van der Waals surface area contributed by atoms with Gasteiger partial charge in [0.2, 0.25) is 5.91 Å². The highest BCUT2D eigenvalue weighted by molar-refractivity contribution is 7.80. The molecule has 5 nitrogen and oxygen atoms in total. The maximum absolute atomic E-state index is 13.1. The second kappa shape index (κ2) is 8.92. The predicted octanol–water partition coefficient (Wildman–Crippen LogP) is 3.00. The predicted molar refractivity (Wildman–Crippen MR) is 116 cm³/mol. The Morgan fingerprint density at radius 1 is 1.17 bits per heavy atom. The van der Waals surface area contributed by atoms with Crippen molar-refractivity contribution in [2.24, 2.45) is 11.8 Å². The Balaban J connectivity index is 1.33. The van der Waals surface area contributed by atoms with Crippen molar-refractivity contribution in [1.82, 2.24) is 10.2 Å². The first-order valence-electron chi connectivity index (χ1n) is 10.9. The van der Waals surface area contributed by atoms with E-state index < -0.39 is 6.04 Å². The Bertz CT molecular complexity index is 796. The van der Waals surface area contributed by atoms with E-state index in [1.54, 1.807) is 4.90 Å². The van der Waals surface area contributed by atoms with E-state index in [-0.39, 0.29) is 28.7 Å². The first kappa shape index (κ1) is 20.5. The second-order valence-corrected chi connectivity index (χ2v) is 9.15. The fraction of sp³-hybridized carbons (Fsp3) is 0.609. The molecule has 4 atom stereocenters. The average Bonchev–Trinajstić information content (AvgIpc) is 3.41. The molecule has 3 aliphatic rings. The number of nitrogens with zero attached hydrogens (tertiary/aromatic N) is 1. The second-order valence-electron chi connectivity index (χ2n) is 8.73. The highest BCUT2D eigenvalue weighted by atomic mass is 32.1. The van der Waals surface area contributed by atoms with Crippen molar-refractivity contribution in [3.05, 3.63) is 35.4 Å². The van der Waals surface area contributed by atoms with Crippen molar-refractivity contribution in [3.63, 3.8) is 0 Å². The van der Waals surface area contributed by atoms with Crippen molar-refractivity contribution in [1.29, 1.82) is 0 Å². The molecule has 4 rings (SSSR count). The number of aryl methyl sites for hydroxylation is 1. The summed E-state index contributed by atoms with van der Waals surface area (Å²) < 4.78 is 0. The lowest BCUT2D eigenvalue weighted by atomic mass is 9.81. The zero-order valence-electron chi connectivity index (χ0n) is 16.8. The minimum absolute atomic E-state index is 0.0637. The molecule has 2 heterocycles. The summed E-state index contributed by atoms with van der Waals surface area (Å²) in [6.07, 6.45) is 6.95. The monoisotopic (exact) mass is 414 g/mol. The normalized spacial score (nSPS) is 28.9. The van der Waals surface area contributed by atoms with E-state index in [0.29, 0.717) is 31.8 Å². The molecule has 29 heavy (non-hydrogen) atoms. The highest BCUT2D eigenvalue weighted by Crippen LogP contribution is 2.30. The third kappa shape index (κ3) is 4.38. The van der Waals surface area contributed by atoms with Gasteiger partial charge in [0.15, 0.2) is 10.8 Å². The highest BCUT2D eigenvalue weighted by Gasteiger charge is 2.43. The maximum Gasteiger partial charge on any atom is 0.223 e. The van der Waals surface area contributed by atoms with Crippen molar-refractivity contribution >= 4 is 29.0 Å². The molecule has 1 unspecified atom stereocenters. The summed E-state index contributed by atoms with van der Waals surface area (Å²) >= 11 is 4.91. The SMILES string of the molecule is O=C(C1CCN[C@@H]1C(O)=S)[C@@H]1CCCN1C(=O)CC[C@@H]1CCc2ccccc2C1. The molecule has 0 bridgehead atoms. The number of ketones is 1. The topological polar surface area (TPSA) is 69.6 Å². The fourth-order valence-corrected chi connectivity index (χ4v) is 5.62. The van der Waals surface area contributed by atoms with Crippen LogP contribution < -0.4 is 5.32 Å². The van der Waals surface area contributed by atoms with Crippen LogP contribution in [-0.4, -0.2) is 51.9 Å². The molecule has 2 fully saturated rings. The number of aliphatic hydroxyl groups excluding tert-OH is 1. The number of nitrogens with one attached hydrogen (secondary N) is 1. The quantitative estimate of drug-likeness (QED) is 0.701. The number of Topliss-reactive ketones (excluding diaryl/α,β-unsaturated/α-hetero) is 1. The van der Waals surface area contributed by atoms with Crippen LogP contribution in [-0.2, 0) is 22.4 Å². The molecule has 6 heteroatoms. The number of thiocarbonyl (C=S) groups is 1. The van der Waals surface area contributed by atoms with E-state index in [1.165, 1.54) is 11.1 Å². The maximum atomic E-state index is 13.1. The molecule has 0 aromatic heterocycles. The molecule has 1 aliphatic carbocycles. The summed E-state index contributed by atoms with van der Waals surface area (Å²) in [6, 6.07) is 7.81. The van der Waals surface area contributed by atoms with Gasteiger partial charge < -0.3 is 15.3 Å². The molecule has 0 saturated carbocycles. The summed E-state index contributed by atoms with van der Waals surface area (Å²) in [4.78, 5) is 27.9. The molecule has 1 aromatic carbocycles. The number of hydrogen-bond acceptors (Lipinski definition) is 4. The summed E-state index contributed by atoms with van der Waals surface area (Å²) in [5.74, 6) is 0.393. The van der Waals surface area contributed by atoms with Crippen LogP contribution in [0.2, 0.25) is 0 Å². The van der Waals surface area contributed by atoms with Gasteiger partial charge in [-0.2, -0.15) is 0 Å². The van der Waals surface area contributed by atoms with Gasteiger partial charge in [-0.15, -0.1) is 0 Å². The molecular formula is C23H30N2O3S. The van der Waals surface area contributed by atoms with E-state index in [4.69, 9.17) is 12.2 Å². The average molecular weight is 415 g/mol. The van der Waals surface area contributed by atoms with Crippen LogP contribution in [0.3, 0.4) is 0 Å². The summed E-state index contributed by atoms with van der Waals surface area (Å²) in [7, 11) is 0. The van der Waals surface area contributed by atoms with E-state index in [1.807, 2.05) is 0 Å². The zero-order chi connectivity index (χ0) is 20.4. The molecule has 1 aromatic rings. The minimum atomic E-state index is -0.447. The Kier molecular flexibility index (Phi) is 6.30. The van der Waals surface area contributed by atoms with Gasteiger partial charge in [-0.25, -0.2) is 0 Å². The number of amides is 1. The van der Waals surface area contributed by atoms with E-state index in [2.05, 4.69) is 29.6 Å². The van der Waals surface area contributed by atoms with Crippen LogP contribution in [0.15, 0.2) is 24.3 Å². The largest absolute Gasteiger partial charge is 0.501 e. The third-order valence-electron chi connectivity index (χ3n) is 6.97. The van der Waals surface area contributed by atoms with Gasteiger partial charge in [0.1, 0.15) is 0 Å². The lowest BCUT2D eigenvalue weighted by Crippen LogP contribution is -2.47. The first-order valence-corrected chi connectivity index (χ1v) is 11.3. The third-order valence-corrected chi connectivity index (χ3v) is 7.22. The lowest BCUT2D eigenvalue weighted by Gasteiger charge is -2.29. The number of hydrogen-bond donors (Lipinski definition) is 2. The van der Waals surface area contributed by atoms with Gasteiger partial charge >= 0.3 is 0 Å². The standard InChI is InChI=1S/C23H30N2O3S/c26-20(10-8-15-7-9-16-4-1-2-5-17(16)14-15)25-13-3-6-19(25)22(27)18-11-12-24-21(18)23(28)29/h1-2,4-5,15,18-19,21,24H,3,6-14H2,(H,28,29)/t15-,18?,19-,21-/m0/s1. The van der Waals surface area contributed by atoms with E-state index in [9.17, 15) is 14.7 Å². The summed E-state index contributed by atoms with van der Waals surface area (Å²) in [6.45, 7) is 1.34. The number of benzene rings is 1. The molecule has 0 spiro atoms. The lowest BCUT2D eigenvalue weighted by molar-refractivity contribution is -0.139. The number of rotatable bonds is 6. The number of likely N-dealkylation sites (tertiary alicyclic amines) is 1. The van der Waals surface area contributed by atoms with Gasteiger partial charge in [0.25, 0.3) is 0 Å². The molecule has 1 amide bonds. The number of carbonyl (C=O) groups is 2. The van der Waals surface area contributed by atoms with E-state index in [0.717, 1.165) is 38.5 Å². The summed E-state index contributed by atoms with van der Waals surface area (Å²) in [5.41, 5.74) is 2.87. The first-order chi connectivity index (χ1) is 14.0. The molecular weight excluding hydrogens is 384 g/mol. The van der Waals surface area contributed by atoms with E-state index >= 15 is 0 Å². The van der Waals surface area contributed by atoms with Crippen LogP contribution in [0, 0.1) is 11.8 Å². The Morgan fingerprint density at radius 2 is 1.97 bits per heavy atom. The van der Waals surface area contributed by atoms with Gasteiger partial charge in [-0.3, -0.25) is 9.59 Å². The summed E-state index contributed by atoms with van der Waals surface area (Å²) in [5, 5.41) is 12.7. The molecule has 2 saturated heterocycles. The van der Waals surface area contributed by atoms with Crippen LogP contribution in [0.1, 0.15) is 49.7 Å². The van der Waals surface area contributed by atoms with Crippen molar-refractivity contribution in [2.75, 3.05) is 13.1 Å². The van der Waals surface area contributed by atoms with Crippen LogP contribution in [0.25, 0.3) is 0 Å². The molecule has 2 N–H and O–H groups in total. The van der Waals surface area contributed by atoms with Gasteiger partial charge in [0.05, 0.1) is 12.1 Å².